The topological polar surface area (TPSA) is 39.9 Å². The first kappa shape index (κ1) is 20.2. The normalized spacial score (nSPS) is 21.4. The fourth-order valence-corrected chi connectivity index (χ4v) is 4.65. The van der Waals surface area contributed by atoms with E-state index in [2.05, 4.69) is 45.0 Å². The summed E-state index contributed by atoms with van der Waals surface area (Å²) in [7, 11) is 0. The van der Waals surface area contributed by atoms with Crippen molar-refractivity contribution < 1.29 is 9.21 Å². The highest BCUT2D eigenvalue weighted by Crippen LogP contribution is 2.23. The Bertz CT molecular complexity index is 739. The van der Waals surface area contributed by atoms with Gasteiger partial charge < -0.3 is 9.32 Å². The zero-order chi connectivity index (χ0) is 19.9. The summed E-state index contributed by atoms with van der Waals surface area (Å²) in [6.45, 7) is 7.88. The van der Waals surface area contributed by atoms with E-state index in [1.807, 2.05) is 12.3 Å². The van der Waals surface area contributed by atoms with Crippen LogP contribution in [0.25, 0.3) is 0 Å². The lowest BCUT2D eigenvalue weighted by atomic mass is 9.93. The van der Waals surface area contributed by atoms with Gasteiger partial charge in [-0.05, 0) is 43.4 Å². The molecule has 156 valence electrons. The standard InChI is InChI=1S/C24H33N3O2/c28-24(27-14-12-25(13-15-27)17-21-5-2-1-3-6-21)9-8-22-7-4-11-26(18-22)19-23-10-16-29-20-23/h1-3,5-6,10,16,20,22H,4,7-9,11-15,17-19H2/t22-/m0/s1. The zero-order valence-corrected chi connectivity index (χ0v) is 17.3. The molecule has 0 bridgehead atoms. The Morgan fingerprint density at radius 2 is 1.72 bits per heavy atom. The van der Waals surface area contributed by atoms with E-state index >= 15 is 0 Å². The Morgan fingerprint density at radius 1 is 0.931 bits per heavy atom. The van der Waals surface area contributed by atoms with Crippen LogP contribution < -0.4 is 0 Å². The van der Waals surface area contributed by atoms with Gasteiger partial charge in [-0.1, -0.05) is 30.3 Å². The maximum Gasteiger partial charge on any atom is 0.222 e. The van der Waals surface area contributed by atoms with Crippen molar-refractivity contribution in [1.29, 1.82) is 0 Å². The molecule has 3 heterocycles. The van der Waals surface area contributed by atoms with E-state index in [0.717, 1.165) is 58.8 Å². The highest BCUT2D eigenvalue weighted by molar-refractivity contribution is 5.76. The average molecular weight is 396 g/mol. The number of furan rings is 1. The molecule has 4 rings (SSSR count). The molecule has 1 amide bonds. The molecule has 2 aromatic rings. The van der Waals surface area contributed by atoms with Gasteiger partial charge in [0.05, 0.1) is 12.5 Å². The van der Waals surface area contributed by atoms with Crippen LogP contribution in [0.15, 0.2) is 53.3 Å². The van der Waals surface area contributed by atoms with Crippen molar-refractivity contribution in [2.45, 2.75) is 38.8 Å². The molecule has 0 saturated carbocycles. The fourth-order valence-electron chi connectivity index (χ4n) is 4.65. The Labute approximate surface area is 174 Å². The van der Waals surface area contributed by atoms with Gasteiger partial charge >= 0.3 is 0 Å². The number of hydrogen-bond donors (Lipinski definition) is 0. The number of benzene rings is 1. The molecule has 1 aromatic carbocycles. The molecule has 0 aliphatic carbocycles. The Morgan fingerprint density at radius 3 is 2.48 bits per heavy atom. The van der Waals surface area contributed by atoms with Gasteiger partial charge in [0.15, 0.2) is 0 Å². The molecule has 0 radical (unpaired) electrons. The van der Waals surface area contributed by atoms with Crippen LogP contribution in [0.5, 0.6) is 0 Å². The summed E-state index contributed by atoms with van der Waals surface area (Å²) < 4.78 is 5.19. The molecule has 2 fully saturated rings. The van der Waals surface area contributed by atoms with Crippen LogP contribution in [-0.4, -0.2) is 59.9 Å². The maximum absolute atomic E-state index is 12.7. The van der Waals surface area contributed by atoms with Crippen molar-refractivity contribution in [3.63, 3.8) is 0 Å². The zero-order valence-electron chi connectivity index (χ0n) is 17.3. The van der Waals surface area contributed by atoms with E-state index < -0.39 is 0 Å². The number of piperazine rings is 1. The number of nitrogens with zero attached hydrogens (tertiary/aromatic N) is 3. The van der Waals surface area contributed by atoms with E-state index in [1.54, 1.807) is 6.26 Å². The van der Waals surface area contributed by atoms with Gasteiger partial charge in [0, 0.05) is 57.8 Å². The first-order valence-corrected chi connectivity index (χ1v) is 11.0. The monoisotopic (exact) mass is 395 g/mol. The molecule has 2 saturated heterocycles. The minimum atomic E-state index is 0.344. The molecule has 2 aliphatic heterocycles. The summed E-state index contributed by atoms with van der Waals surface area (Å²) in [6, 6.07) is 12.6. The van der Waals surface area contributed by atoms with Gasteiger partial charge in [0.2, 0.25) is 5.91 Å². The molecular weight excluding hydrogens is 362 g/mol. The molecule has 0 spiro atoms. The Balaban J connectivity index is 1.16. The summed E-state index contributed by atoms with van der Waals surface area (Å²) in [5.74, 6) is 0.982. The average Bonchev–Trinajstić information content (AvgIpc) is 3.27. The number of rotatable bonds is 7. The number of hydrogen-bond acceptors (Lipinski definition) is 4. The number of piperidine rings is 1. The summed E-state index contributed by atoms with van der Waals surface area (Å²) >= 11 is 0. The van der Waals surface area contributed by atoms with Crippen molar-refractivity contribution in [3.05, 3.63) is 60.1 Å². The highest BCUT2D eigenvalue weighted by atomic mass is 16.3. The summed E-state index contributed by atoms with van der Waals surface area (Å²) in [5.41, 5.74) is 2.60. The van der Waals surface area contributed by atoms with Crippen LogP contribution in [0.1, 0.15) is 36.8 Å². The fraction of sp³-hybridized carbons (Fsp3) is 0.542. The molecule has 1 atom stereocenters. The van der Waals surface area contributed by atoms with Crippen LogP contribution in [0, 0.1) is 5.92 Å². The third kappa shape index (κ3) is 5.94. The summed E-state index contributed by atoms with van der Waals surface area (Å²) in [5, 5.41) is 0. The lowest BCUT2D eigenvalue weighted by molar-refractivity contribution is -0.133. The SMILES string of the molecule is O=C(CC[C@@H]1CCCN(Cc2ccoc2)C1)N1CCN(Cc2ccccc2)CC1. The molecular formula is C24H33N3O2. The van der Waals surface area contributed by atoms with Gasteiger partial charge in [-0.2, -0.15) is 0 Å². The van der Waals surface area contributed by atoms with Gasteiger partial charge in [-0.25, -0.2) is 0 Å². The molecule has 0 unspecified atom stereocenters. The van der Waals surface area contributed by atoms with Gasteiger partial charge in [0.25, 0.3) is 0 Å². The first-order chi connectivity index (χ1) is 14.3. The molecule has 0 N–H and O–H groups in total. The second-order valence-electron chi connectivity index (χ2n) is 8.56. The van der Waals surface area contributed by atoms with E-state index in [-0.39, 0.29) is 0 Å². The molecule has 5 heteroatoms. The second-order valence-corrected chi connectivity index (χ2v) is 8.56. The van der Waals surface area contributed by atoms with Crippen LogP contribution in [0.3, 0.4) is 0 Å². The van der Waals surface area contributed by atoms with E-state index in [4.69, 9.17) is 4.42 Å². The number of amides is 1. The summed E-state index contributed by atoms with van der Waals surface area (Å²) in [4.78, 5) is 19.8. The first-order valence-electron chi connectivity index (χ1n) is 11.0. The number of carbonyl (C=O) groups is 1. The van der Waals surface area contributed by atoms with Crippen molar-refractivity contribution in [3.8, 4) is 0 Å². The van der Waals surface area contributed by atoms with Crippen LogP contribution >= 0.6 is 0 Å². The Hall–Kier alpha value is -2.11. The number of carbonyl (C=O) groups excluding carboxylic acids is 1. The quantitative estimate of drug-likeness (QED) is 0.718. The van der Waals surface area contributed by atoms with Crippen molar-refractivity contribution >= 4 is 5.91 Å². The summed E-state index contributed by atoms with van der Waals surface area (Å²) in [6.07, 6.45) is 7.78. The predicted molar refractivity (Wildman–Crippen MR) is 114 cm³/mol. The Kier molecular flexibility index (Phi) is 7.01. The lowest BCUT2D eigenvalue weighted by Crippen LogP contribution is -2.48. The van der Waals surface area contributed by atoms with Gasteiger partial charge in [0.1, 0.15) is 0 Å². The molecule has 2 aliphatic rings. The third-order valence-electron chi connectivity index (χ3n) is 6.33. The minimum Gasteiger partial charge on any atom is -0.472 e. The van der Waals surface area contributed by atoms with Crippen molar-refractivity contribution in [1.82, 2.24) is 14.7 Å². The lowest BCUT2D eigenvalue weighted by Gasteiger charge is -2.36. The molecule has 5 nitrogen and oxygen atoms in total. The largest absolute Gasteiger partial charge is 0.472 e. The molecule has 1 aromatic heterocycles. The minimum absolute atomic E-state index is 0.344. The van der Waals surface area contributed by atoms with Crippen LogP contribution in [0.4, 0.5) is 0 Å². The van der Waals surface area contributed by atoms with Gasteiger partial charge in [-0.15, -0.1) is 0 Å². The highest BCUT2D eigenvalue weighted by Gasteiger charge is 2.24. The van der Waals surface area contributed by atoms with Crippen LogP contribution in [0.2, 0.25) is 0 Å². The smallest absolute Gasteiger partial charge is 0.222 e. The molecule has 29 heavy (non-hydrogen) atoms. The van der Waals surface area contributed by atoms with E-state index in [9.17, 15) is 4.79 Å². The van der Waals surface area contributed by atoms with E-state index in [1.165, 1.54) is 24.0 Å². The third-order valence-corrected chi connectivity index (χ3v) is 6.33. The van der Waals surface area contributed by atoms with E-state index in [0.29, 0.717) is 18.2 Å². The second kappa shape index (κ2) is 10.1. The van der Waals surface area contributed by atoms with Crippen LogP contribution in [-0.2, 0) is 17.9 Å². The van der Waals surface area contributed by atoms with Crippen molar-refractivity contribution in [2.75, 3.05) is 39.3 Å². The van der Waals surface area contributed by atoms with Crippen molar-refractivity contribution in [2.24, 2.45) is 5.92 Å². The van der Waals surface area contributed by atoms with Gasteiger partial charge in [-0.3, -0.25) is 14.6 Å². The predicted octanol–water partition coefficient (Wildman–Crippen LogP) is 3.62. The maximum atomic E-state index is 12.7. The number of likely N-dealkylation sites (tertiary alicyclic amines) is 1.